The van der Waals surface area contributed by atoms with E-state index in [0.717, 1.165) is 34.9 Å². The molecule has 0 radical (unpaired) electrons. The summed E-state index contributed by atoms with van der Waals surface area (Å²) < 4.78 is 0. The van der Waals surface area contributed by atoms with Crippen LogP contribution in [-0.4, -0.2) is 30.9 Å². The first-order chi connectivity index (χ1) is 11.8. The van der Waals surface area contributed by atoms with Gasteiger partial charge in [-0.05, 0) is 49.6 Å². The predicted molar refractivity (Wildman–Crippen MR) is 107 cm³/mol. The summed E-state index contributed by atoms with van der Waals surface area (Å²) in [6.07, 6.45) is 3.75. The molecule has 1 aromatic carbocycles. The molecule has 1 atom stereocenters. The second kappa shape index (κ2) is 10.7. The highest BCUT2D eigenvalue weighted by Crippen LogP contribution is 2.18. The first kappa shape index (κ1) is 20.9. The van der Waals surface area contributed by atoms with Crippen LogP contribution in [0.15, 0.2) is 58.5 Å². The lowest BCUT2D eigenvalue weighted by molar-refractivity contribution is 0.319. The van der Waals surface area contributed by atoms with Crippen molar-refractivity contribution in [3.63, 3.8) is 0 Å². The SMILES string of the molecule is C=C(C)C(CCN(C)N=N/C(=C/C=N)C(C)C)Nc1ccc(Cl)cc1. The molecule has 25 heavy (non-hydrogen) atoms. The van der Waals surface area contributed by atoms with Crippen LogP contribution >= 0.6 is 11.6 Å². The smallest absolute Gasteiger partial charge is 0.0688 e. The number of nitrogens with zero attached hydrogens (tertiary/aromatic N) is 3. The van der Waals surface area contributed by atoms with Crippen molar-refractivity contribution in [2.75, 3.05) is 18.9 Å². The molecule has 0 saturated heterocycles. The Morgan fingerprint density at radius 2 is 2.00 bits per heavy atom. The van der Waals surface area contributed by atoms with Gasteiger partial charge in [0.05, 0.1) is 5.70 Å². The van der Waals surface area contributed by atoms with Gasteiger partial charge in [0.25, 0.3) is 0 Å². The molecule has 0 aliphatic heterocycles. The summed E-state index contributed by atoms with van der Waals surface area (Å²) in [5.74, 6) is 0.230. The molecule has 1 unspecified atom stereocenters. The third-order valence-corrected chi connectivity index (χ3v) is 3.93. The van der Waals surface area contributed by atoms with E-state index in [-0.39, 0.29) is 12.0 Å². The number of allylic oxidation sites excluding steroid dienone is 2. The number of halogens is 1. The van der Waals surface area contributed by atoms with E-state index in [1.54, 1.807) is 11.1 Å². The number of benzene rings is 1. The number of hydrogen-bond donors (Lipinski definition) is 2. The summed E-state index contributed by atoms with van der Waals surface area (Å²) in [6, 6.07) is 7.78. The van der Waals surface area contributed by atoms with E-state index < -0.39 is 0 Å². The Kier molecular flexibility index (Phi) is 8.92. The van der Waals surface area contributed by atoms with Crippen molar-refractivity contribution < 1.29 is 0 Å². The number of rotatable bonds is 10. The summed E-state index contributed by atoms with van der Waals surface area (Å²) in [7, 11) is 1.89. The van der Waals surface area contributed by atoms with Crippen molar-refractivity contribution >= 4 is 23.5 Å². The van der Waals surface area contributed by atoms with Gasteiger partial charge in [-0.25, -0.2) is 0 Å². The summed E-state index contributed by atoms with van der Waals surface area (Å²) in [4.78, 5) is 0. The lowest BCUT2D eigenvalue weighted by Crippen LogP contribution is -2.26. The van der Waals surface area contributed by atoms with Crippen molar-refractivity contribution in [3.8, 4) is 0 Å². The van der Waals surface area contributed by atoms with Gasteiger partial charge in [-0.15, -0.1) is 5.11 Å². The van der Waals surface area contributed by atoms with Crippen LogP contribution in [0, 0.1) is 11.3 Å². The van der Waals surface area contributed by atoms with Crippen LogP contribution < -0.4 is 5.32 Å². The third kappa shape index (κ3) is 7.98. The van der Waals surface area contributed by atoms with Gasteiger partial charge in [-0.1, -0.05) is 42.8 Å². The zero-order chi connectivity index (χ0) is 18.8. The molecule has 0 heterocycles. The van der Waals surface area contributed by atoms with E-state index in [9.17, 15) is 0 Å². The second-order valence-corrected chi connectivity index (χ2v) is 6.76. The molecular weight excluding hydrogens is 334 g/mol. The number of anilines is 1. The maximum Gasteiger partial charge on any atom is 0.0688 e. The quantitative estimate of drug-likeness (QED) is 0.247. The minimum Gasteiger partial charge on any atom is -0.379 e. The first-order valence-electron chi connectivity index (χ1n) is 8.34. The van der Waals surface area contributed by atoms with Crippen molar-refractivity contribution in [1.82, 2.24) is 5.01 Å². The van der Waals surface area contributed by atoms with Crippen LogP contribution in [0.1, 0.15) is 27.2 Å². The van der Waals surface area contributed by atoms with Gasteiger partial charge in [0.15, 0.2) is 0 Å². The fraction of sp³-hybridized carbons (Fsp3) is 0.421. The standard InChI is InChI=1S/C19H28ClN5/c1-14(2)18(22-17-8-6-16(20)7-9-17)11-13-25(5)24-23-19(10-12-21)15(3)4/h6-10,12,15,18,21-22H,1,11,13H2,2-5H3/b19-10+,21-12?,24-23?. The van der Waals surface area contributed by atoms with Crippen LogP contribution in [0.2, 0.25) is 5.02 Å². The van der Waals surface area contributed by atoms with Gasteiger partial charge in [0.1, 0.15) is 0 Å². The zero-order valence-corrected chi connectivity index (χ0v) is 16.2. The van der Waals surface area contributed by atoms with Gasteiger partial charge in [-0.3, -0.25) is 5.01 Å². The van der Waals surface area contributed by atoms with E-state index in [4.69, 9.17) is 17.0 Å². The Bertz CT molecular complexity index is 619. The van der Waals surface area contributed by atoms with E-state index in [0.29, 0.717) is 0 Å². The molecule has 0 aromatic heterocycles. The first-order valence-corrected chi connectivity index (χ1v) is 8.72. The van der Waals surface area contributed by atoms with E-state index in [1.807, 2.05) is 52.1 Å². The van der Waals surface area contributed by atoms with Crippen molar-refractivity contribution in [2.24, 2.45) is 16.3 Å². The molecular formula is C19H28ClN5. The summed E-state index contributed by atoms with van der Waals surface area (Å²) in [6.45, 7) is 10.9. The normalized spacial score (nSPS) is 13.1. The topological polar surface area (TPSA) is 63.8 Å². The molecule has 1 rings (SSSR count). The molecule has 0 spiro atoms. The van der Waals surface area contributed by atoms with E-state index in [1.165, 1.54) is 6.21 Å². The van der Waals surface area contributed by atoms with Gasteiger partial charge in [-0.2, -0.15) is 0 Å². The molecule has 6 heteroatoms. The number of hydrogen-bond acceptors (Lipinski definition) is 4. The maximum absolute atomic E-state index is 7.17. The van der Waals surface area contributed by atoms with Gasteiger partial charge >= 0.3 is 0 Å². The Labute approximate surface area is 156 Å². The van der Waals surface area contributed by atoms with Crippen LogP contribution in [0.25, 0.3) is 0 Å². The molecule has 0 amide bonds. The van der Waals surface area contributed by atoms with Gasteiger partial charge in [0.2, 0.25) is 0 Å². The zero-order valence-electron chi connectivity index (χ0n) is 15.5. The predicted octanol–water partition coefficient (Wildman–Crippen LogP) is 5.58. The highest BCUT2D eigenvalue weighted by Gasteiger charge is 2.11. The highest BCUT2D eigenvalue weighted by molar-refractivity contribution is 6.30. The second-order valence-electron chi connectivity index (χ2n) is 6.32. The third-order valence-electron chi connectivity index (χ3n) is 3.68. The molecule has 0 fully saturated rings. The summed E-state index contributed by atoms with van der Waals surface area (Å²) >= 11 is 5.93. The summed E-state index contributed by atoms with van der Waals surface area (Å²) in [5, 5.41) is 21.6. The highest BCUT2D eigenvalue weighted by atomic mass is 35.5. The minimum atomic E-state index is 0.139. The molecule has 0 aliphatic rings. The van der Waals surface area contributed by atoms with Crippen LogP contribution in [0.3, 0.4) is 0 Å². The average molecular weight is 362 g/mol. The Morgan fingerprint density at radius 1 is 1.36 bits per heavy atom. The maximum atomic E-state index is 7.17. The average Bonchev–Trinajstić information content (AvgIpc) is 2.56. The van der Waals surface area contributed by atoms with Crippen molar-refractivity contribution in [2.45, 2.75) is 33.2 Å². The monoisotopic (exact) mass is 361 g/mol. The van der Waals surface area contributed by atoms with E-state index in [2.05, 4.69) is 22.2 Å². The van der Waals surface area contributed by atoms with Gasteiger partial charge < -0.3 is 10.7 Å². The lowest BCUT2D eigenvalue weighted by Gasteiger charge is -2.22. The molecule has 0 aliphatic carbocycles. The minimum absolute atomic E-state index is 0.139. The van der Waals surface area contributed by atoms with Crippen molar-refractivity contribution in [3.05, 3.63) is 53.2 Å². The lowest BCUT2D eigenvalue weighted by atomic mass is 10.1. The van der Waals surface area contributed by atoms with E-state index >= 15 is 0 Å². The molecule has 2 N–H and O–H groups in total. The molecule has 0 saturated carbocycles. The Hall–Kier alpha value is -2.14. The fourth-order valence-corrected chi connectivity index (χ4v) is 2.23. The summed E-state index contributed by atoms with van der Waals surface area (Å²) in [5.41, 5.74) is 2.86. The Morgan fingerprint density at radius 3 is 2.52 bits per heavy atom. The molecule has 136 valence electrons. The van der Waals surface area contributed by atoms with Crippen molar-refractivity contribution in [1.29, 1.82) is 5.41 Å². The van der Waals surface area contributed by atoms with Crippen LogP contribution in [0.5, 0.6) is 0 Å². The number of nitrogens with one attached hydrogen (secondary N) is 2. The van der Waals surface area contributed by atoms with Gasteiger partial charge in [0, 0.05) is 36.6 Å². The molecule has 5 nitrogen and oxygen atoms in total. The van der Waals surface area contributed by atoms with Crippen LogP contribution in [0.4, 0.5) is 5.69 Å². The fourth-order valence-electron chi connectivity index (χ4n) is 2.10. The largest absolute Gasteiger partial charge is 0.379 e. The molecule has 0 bridgehead atoms. The molecule has 1 aromatic rings. The Balaban J connectivity index is 2.61. The van der Waals surface area contributed by atoms with Crippen LogP contribution in [-0.2, 0) is 0 Å².